The molecule has 0 aromatic carbocycles. The number of rotatable bonds is 8. The summed E-state index contributed by atoms with van der Waals surface area (Å²) < 4.78 is 20.9. The lowest BCUT2D eigenvalue weighted by atomic mass is 10.2. The normalized spacial score (nSPS) is 18.0. The van der Waals surface area contributed by atoms with E-state index in [9.17, 15) is 14.5 Å². The minimum atomic E-state index is -2.11. The zero-order valence-electron chi connectivity index (χ0n) is 9.04. The summed E-state index contributed by atoms with van der Waals surface area (Å²) in [6.45, 7) is 3.11. The van der Waals surface area contributed by atoms with Crippen LogP contribution in [-0.4, -0.2) is 43.4 Å². The minimum Gasteiger partial charge on any atom is -0.391 e. The Morgan fingerprint density at radius 3 is 2.53 bits per heavy atom. The monoisotopic (exact) mass is 238 g/mol. The smallest absolute Gasteiger partial charge is 0.391 e. The van der Waals surface area contributed by atoms with E-state index in [-0.39, 0.29) is 6.61 Å². The first-order chi connectivity index (χ1) is 7.01. The molecule has 0 amide bonds. The number of nitrogens with one attached hydrogen (secondary N) is 1. The van der Waals surface area contributed by atoms with E-state index >= 15 is 0 Å². The summed E-state index contributed by atoms with van der Waals surface area (Å²) in [4.78, 5) is 10.2. The first kappa shape index (κ1) is 14.6. The Morgan fingerprint density at radius 1 is 1.53 bits per heavy atom. The predicted molar refractivity (Wildman–Crippen MR) is 54.7 cm³/mol. The van der Waals surface area contributed by atoms with Gasteiger partial charge in [0.15, 0.2) is 0 Å². The number of methoxy groups -OCH3 is 1. The van der Waals surface area contributed by atoms with E-state index in [0.717, 1.165) is 0 Å². The zero-order valence-corrected chi connectivity index (χ0v) is 9.94. The van der Waals surface area contributed by atoms with Gasteiger partial charge in [0.05, 0.1) is 6.10 Å². The Labute approximate surface area is 89.9 Å². The first-order valence-electron chi connectivity index (χ1n) is 4.53. The third-order valence-electron chi connectivity index (χ3n) is 1.71. The van der Waals surface area contributed by atoms with Crippen LogP contribution in [0.25, 0.3) is 0 Å². The molecule has 0 bridgehead atoms. The number of hydrogen-bond acceptors (Lipinski definition) is 5. The van der Waals surface area contributed by atoms with Crippen molar-refractivity contribution in [2.75, 3.05) is 13.7 Å². The van der Waals surface area contributed by atoms with E-state index in [1.165, 1.54) is 7.11 Å². The van der Waals surface area contributed by atoms with Crippen molar-refractivity contribution in [1.29, 1.82) is 0 Å². The number of ether oxygens (including phenoxy) is 1. The van der Waals surface area contributed by atoms with Crippen molar-refractivity contribution in [3.8, 4) is 0 Å². The van der Waals surface area contributed by atoms with Crippen molar-refractivity contribution < 1.29 is 23.7 Å². The van der Waals surface area contributed by atoms with Crippen LogP contribution < -0.4 is 5.09 Å². The van der Waals surface area contributed by atoms with Crippen LogP contribution in [0.1, 0.15) is 13.8 Å². The summed E-state index contributed by atoms with van der Waals surface area (Å²) in [5, 5.41) is 11.6. The number of carbonyl (C=O) groups is 1. The number of carbonyl (C=O) groups excluding carboxylic acids is 1. The molecular weight excluding hydrogens is 221 g/mol. The summed E-state index contributed by atoms with van der Waals surface area (Å²) >= 11 is 0. The van der Waals surface area contributed by atoms with Gasteiger partial charge in [-0.15, -0.1) is 4.52 Å². The van der Waals surface area contributed by atoms with Crippen molar-refractivity contribution in [2.45, 2.75) is 32.1 Å². The highest BCUT2D eigenvalue weighted by Crippen LogP contribution is 2.18. The van der Waals surface area contributed by atoms with Crippen LogP contribution >= 0.6 is 8.18 Å². The van der Waals surface area contributed by atoms with Crippen molar-refractivity contribution in [1.82, 2.24) is 5.09 Å². The fourth-order valence-electron chi connectivity index (χ4n) is 0.779. The van der Waals surface area contributed by atoms with Crippen molar-refractivity contribution in [3.63, 3.8) is 0 Å². The molecule has 0 radical (unpaired) electrons. The molecule has 0 saturated carbocycles. The quantitative estimate of drug-likeness (QED) is 0.465. The Bertz CT molecular complexity index is 211. The van der Waals surface area contributed by atoms with Crippen LogP contribution in [0.15, 0.2) is 0 Å². The Kier molecular flexibility index (Phi) is 7.64. The number of aliphatic hydroxyl groups excluding tert-OH is 1. The predicted octanol–water partition coefficient (Wildman–Crippen LogP) is 0.233. The SMILES string of the molecule is CO[C@H](CO[P+](=O)N[C@@H](C)C=O)[C@H](C)O. The van der Waals surface area contributed by atoms with Gasteiger partial charge in [-0.05, 0) is 18.4 Å². The molecule has 88 valence electrons. The van der Waals surface area contributed by atoms with Gasteiger partial charge < -0.3 is 14.6 Å². The lowest BCUT2D eigenvalue weighted by molar-refractivity contribution is -0.108. The second-order valence-corrected chi connectivity index (χ2v) is 4.15. The van der Waals surface area contributed by atoms with Crippen molar-refractivity contribution >= 4 is 14.5 Å². The number of aliphatic hydroxyl groups is 1. The second-order valence-electron chi connectivity index (χ2n) is 3.12. The summed E-state index contributed by atoms with van der Waals surface area (Å²) in [5.41, 5.74) is 0. The van der Waals surface area contributed by atoms with Crippen molar-refractivity contribution in [3.05, 3.63) is 0 Å². The molecule has 4 atom stereocenters. The topological polar surface area (TPSA) is 84.9 Å². The molecule has 0 aromatic rings. The fraction of sp³-hybridized carbons (Fsp3) is 0.875. The molecule has 0 spiro atoms. The van der Waals surface area contributed by atoms with E-state index in [2.05, 4.69) is 5.09 Å². The summed E-state index contributed by atoms with van der Waals surface area (Å²) in [7, 11) is -0.685. The van der Waals surface area contributed by atoms with E-state index in [0.29, 0.717) is 6.29 Å². The van der Waals surface area contributed by atoms with Crippen LogP contribution in [0, 0.1) is 0 Å². The summed E-state index contributed by atoms with van der Waals surface area (Å²) in [6.07, 6.45) is -0.613. The molecule has 0 rings (SSSR count). The summed E-state index contributed by atoms with van der Waals surface area (Å²) in [5.74, 6) is 0. The third-order valence-corrected chi connectivity index (χ3v) is 2.71. The highest BCUT2D eigenvalue weighted by Gasteiger charge is 2.25. The lowest BCUT2D eigenvalue weighted by Crippen LogP contribution is -2.30. The van der Waals surface area contributed by atoms with Crippen LogP contribution in [0.2, 0.25) is 0 Å². The fourth-order valence-corrected chi connectivity index (χ4v) is 1.53. The molecule has 15 heavy (non-hydrogen) atoms. The van der Waals surface area contributed by atoms with E-state index < -0.39 is 26.4 Å². The molecule has 7 heteroatoms. The molecule has 0 heterocycles. The number of hydrogen-bond donors (Lipinski definition) is 2. The average Bonchev–Trinajstić information content (AvgIpc) is 2.17. The van der Waals surface area contributed by atoms with E-state index in [1.54, 1.807) is 13.8 Å². The van der Waals surface area contributed by atoms with Crippen LogP contribution in [0.5, 0.6) is 0 Å². The van der Waals surface area contributed by atoms with Gasteiger partial charge in [-0.3, -0.25) is 0 Å². The standard InChI is InChI=1S/C8H17NO5P/c1-6(4-10)9-15(12)14-5-8(13-3)7(2)11/h4,6-8,11H,5H2,1-3H3,(H,9,12)/q+1/t6-,7-,8+/m0/s1. The Hall–Kier alpha value is -0.390. The maximum atomic E-state index is 11.2. The van der Waals surface area contributed by atoms with Gasteiger partial charge >= 0.3 is 8.18 Å². The Balaban J connectivity index is 3.83. The molecule has 0 fully saturated rings. The van der Waals surface area contributed by atoms with Crippen LogP contribution in [0.4, 0.5) is 0 Å². The zero-order chi connectivity index (χ0) is 11.8. The third kappa shape index (κ3) is 6.65. The highest BCUT2D eigenvalue weighted by molar-refractivity contribution is 7.36. The van der Waals surface area contributed by atoms with Gasteiger partial charge in [0.1, 0.15) is 25.0 Å². The Morgan fingerprint density at radius 2 is 2.13 bits per heavy atom. The van der Waals surface area contributed by atoms with E-state index in [1.807, 2.05) is 0 Å². The summed E-state index contributed by atoms with van der Waals surface area (Å²) in [6, 6.07) is -0.527. The van der Waals surface area contributed by atoms with Crippen LogP contribution in [-0.2, 0) is 18.6 Å². The first-order valence-corrected chi connectivity index (χ1v) is 5.71. The molecule has 2 N–H and O–H groups in total. The maximum absolute atomic E-state index is 11.2. The second kappa shape index (κ2) is 7.84. The molecular formula is C8H17NO5P+. The number of aldehydes is 1. The average molecular weight is 238 g/mol. The van der Waals surface area contributed by atoms with E-state index in [4.69, 9.17) is 9.26 Å². The molecule has 6 nitrogen and oxygen atoms in total. The van der Waals surface area contributed by atoms with Gasteiger partial charge in [0, 0.05) is 7.11 Å². The van der Waals surface area contributed by atoms with Gasteiger partial charge in [0.2, 0.25) is 0 Å². The largest absolute Gasteiger partial charge is 0.613 e. The lowest BCUT2D eigenvalue weighted by Gasteiger charge is -2.14. The molecule has 0 aromatic heterocycles. The van der Waals surface area contributed by atoms with Crippen LogP contribution in [0.3, 0.4) is 0 Å². The highest BCUT2D eigenvalue weighted by atomic mass is 31.1. The minimum absolute atomic E-state index is 0.00193. The molecule has 1 unspecified atom stereocenters. The molecule has 0 aliphatic carbocycles. The molecule has 0 saturated heterocycles. The van der Waals surface area contributed by atoms with Gasteiger partial charge in [-0.25, -0.2) is 0 Å². The maximum Gasteiger partial charge on any atom is 0.613 e. The molecule has 0 aliphatic rings. The van der Waals surface area contributed by atoms with Gasteiger partial charge in [0.25, 0.3) is 0 Å². The van der Waals surface area contributed by atoms with Crippen molar-refractivity contribution in [2.24, 2.45) is 0 Å². The molecule has 0 aliphatic heterocycles. The van der Waals surface area contributed by atoms with Gasteiger partial charge in [-0.2, -0.15) is 0 Å². The van der Waals surface area contributed by atoms with Gasteiger partial charge in [-0.1, -0.05) is 5.09 Å².